The molecule has 2 aliphatic heterocycles. The number of amides is 2. The van der Waals surface area contributed by atoms with Gasteiger partial charge >= 0.3 is 0 Å². The Hall–Kier alpha value is -2.56. The Balaban J connectivity index is 1.60. The summed E-state index contributed by atoms with van der Waals surface area (Å²) in [5.41, 5.74) is 3.51. The number of carbonyl (C=O) groups is 2. The number of rotatable bonds is 5. The van der Waals surface area contributed by atoms with E-state index >= 15 is 0 Å². The van der Waals surface area contributed by atoms with E-state index in [1.165, 1.54) is 6.42 Å². The highest BCUT2D eigenvalue weighted by molar-refractivity contribution is 6.01. The highest BCUT2D eigenvalue weighted by atomic mass is 16.2. The van der Waals surface area contributed by atoms with Crippen molar-refractivity contribution in [3.8, 4) is 0 Å². The Bertz CT molecular complexity index is 866. The summed E-state index contributed by atoms with van der Waals surface area (Å²) in [5, 5.41) is 3.20. The molecular formula is C24H31N3O2. The van der Waals surface area contributed by atoms with Crippen molar-refractivity contribution >= 4 is 11.8 Å². The van der Waals surface area contributed by atoms with Gasteiger partial charge in [0.15, 0.2) is 0 Å². The maximum atomic E-state index is 13.2. The molecule has 4 rings (SSSR count). The van der Waals surface area contributed by atoms with Gasteiger partial charge in [-0.05, 0) is 56.6 Å². The summed E-state index contributed by atoms with van der Waals surface area (Å²) in [6, 6.07) is 11.9. The lowest BCUT2D eigenvalue weighted by atomic mass is 10.0. The normalized spacial score (nSPS) is 17.5. The lowest BCUT2D eigenvalue weighted by Crippen LogP contribution is -2.37. The van der Waals surface area contributed by atoms with E-state index < -0.39 is 0 Å². The first kappa shape index (κ1) is 19.7. The molecule has 154 valence electrons. The number of likely N-dealkylation sites (tertiary alicyclic amines) is 1. The molecule has 2 aliphatic rings. The van der Waals surface area contributed by atoms with E-state index in [1.54, 1.807) is 0 Å². The average molecular weight is 394 g/mol. The Kier molecular flexibility index (Phi) is 6.02. The van der Waals surface area contributed by atoms with Crippen molar-refractivity contribution in [3.63, 3.8) is 0 Å². The molecule has 1 atom stereocenters. The highest BCUT2D eigenvalue weighted by Gasteiger charge is 2.29. The van der Waals surface area contributed by atoms with E-state index in [-0.39, 0.29) is 17.9 Å². The van der Waals surface area contributed by atoms with Crippen LogP contribution in [0.5, 0.6) is 0 Å². The lowest BCUT2D eigenvalue weighted by molar-refractivity contribution is 0.0712. The summed E-state index contributed by atoms with van der Waals surface area (Å²) in [5.74, 6) is 0.0195. The number of nitrogens with zero attached hydrogens (tertiary/aromatic N) is 2. The predicted molar refractivity (Wildman–Crippen MR) is 114 cm³/mol. The largest absolute Gasteiger partial charge is 0.345 e. The Morgan fingerprint density at radius 3 is 2.45 bits per heavy atom. The fourth-order valence-electron chi connectivity index (χ4n) is 4.65. The highest BCUT2D eigenvalue weighted by Crippen LogP contribution is 2.27. The first-order valence-electron chi connectivity index (χ1n) is 11.1. The molecule has 0 radical (unpaired) electrons. The molecule has 3 heterocycles. The quantitative estimate of drug-likeness (QED) is 0.822. The molecule has 0 aliphatic carbocycles. The molecule has 0 spiro atoms. The van der Waals surface area contributed by atoms with Gasteiger partial charge in [0, 0.05) is 25.3 Å². The zero-order valence-corrected chi connectivity index (χ0v) is 17.3. The van der Waals surface area contributed by atoms with Crippen molar-refractivity contribution < 1.29 is 9.59 Å². The van der Waals surface area contributed by atoms with Crippen LogP contribution in [0.2, 0.25) is 0 Å². The second-order valence-corrected chi connectivity index (χ2v) is 8.20. The zero-order chi connectivity index (χ0) is 20.2. The maximum Gasteiger partial charge on any atom is 0.270 e. The SMILES string of the molecule is CC[C@@H](NC(=O)c1cc(C(=O)N2CCCCC2)n2c1CCCC2)c1ccccc1. The topological polar surface area (TPSA) is 54.3 Å². The number of hydrogen-bond donors (Lipinski definition) is 1. The fourth-order valence-corrected chi connectivity index (χ4v) is 4.65. The predicted octanol–water partition coefficient (Wildman–Crippen LogP) is 4.33. The Morgan fingerprint density at radius 2 is 1.72 bits per heavy atom. The molecular weight excluding hydrogens is 362 g/mol. The van der Waals surface area contributed by atoms with Crippen molar-refractivity contribution in [2.24, 2.45) is 0 Å². The minimum Gasteiger partial charge on any atom is -0.345 e. The molecule has 1 aromatic heterocycles. The lowest BCUT2D eigenvalue weighted by Gasteiger charge is -2.28. The summed E-state index contributed by atoms with van der Waals surface area (Å²) < 4.78 is 2.11. The molecule has 0 unspecified atom stereocenters. The van der Waals surface area contributed by atoms with Gasteiger partial charge in [0.25, 0.3) is 11.8 Å². The van der Waals surface area contributed by atoms with Crippen LogP contribution in [-0.2, 0) is 13.0 Å². The van der Waals surface area contributed by atoms with Gasteiger partial charge in [-0.25, -0.2) is 0 Å². The van der Waals surface area contributed by atoms with Crippen molar-refractivity contribution in [3.05, 3.63) is 58.9 Å². The van der Waals surface area contributed by atoms with Gasteiger partial charge in [0.05, 0.1) is 11.6 Å². The van der Waals surface area contributed by atoms with Gasteiger partial charge in [-0.15, -0.1) is 0 Å². The van der Waals surface area contributed by atoms with Gasteiger partial charge in [-0.3, -0.25) is 9.59 Å². The molecule has 1 N–H and O–H groups in total. The minimum absolute atomic E-state index is 0.0240. The van der Waals surface area contributed by atoms with Crippen LogP contribution in [0, 0.1) is 0 Å². The van der Waals surface area contributed by atoms with Crippen LogP contribution in [0.3, 0.4) is 0 Å². The van der Waals surface area contributed by atoms with Crippen molar-refractivity contribution in [1.29, 1.82) is 0 Å². The molecule has 0 saturated carbocycles. The van der Waals surface area contributed by atoms with Crippen LogP contribution in [0.25, 0.3) is 0 Å². The number of carbonyl (C=O) groups excluding carboxylic acids is 2. The molecule has 1 fully saturated rings. The van der Waals surface area contributed by atoms with Crippen molar-refractivity contribution in [2.45, 2.75) is 64.5 Å². The van der Waals surface area contributed by atoms with Gasteiger partial charge in [-0.2, -0.15) is 0 Å². The van der Waals surface area contributed by atoms with Crippen LogP contribution in [0.1, 0.15) is 83.6 Å². The molecule has 1 saturated heterocycles. The number of hydrogen-bond acceptors (Lipinski definition) is 2. The van der Waals surface area contributed by atoms with E-state index in [4.69, 9.17) is 0 Å². The van der Waals surface area contributed by atoms with Gasteiger partial charge < -0.3 is 14.8 Å². The summed E-state index contributed by atoms with van der Waals surface area (Å²) in [7, 11) is 0. The number of piperidine rings is 1. The van der Waals surface area contributed by atoms with Gasteiger partial charge in [0.1, 0.15) is 5.69 Å². The number of aromatic nitrogens is 1. The Labute approximate surface area is 173 Å². The molecule has 5 nitrogen and oxygen atoms in total. The third-order valence-corrected chi connectivity index (χ3v) is 6.28. The third kappa shape index (κ3) is 4.09. The van der Waals surface area contributed by atoms with Crippen LogP contribution in [-0.4, -0.2) is 34.4 Å². The second-order valence-electron chi connectivity index (χ2n) is 8.20. The third-order valence-electron chi connectivity index (χ3n) is 6.28. The van der Waals surface area contributed by atoms with Crippen LogP contribution in [0.15, 0.2) is 36.4 Å². The molecule has 2 aromatic rings. The molecule has 2 amide bonds. The number of fused-ring (bicyclic) bond motifs is 1. The summed E-state index contributed by atoms with van der Waals surface area (Å²) in [6.07, 6.45) is 7.15. The summed E-state index contributed by atoms with van der Waals surface area (Å²) in [4.78, 5) is 28.4. The van der Waals surface area contributed by atoms with Crippen molar-refractivity contribution in [2.75, 3.05) is 13.1 Å². The first-order valence-corrected chi connectivity index (χ1v) is 11.1. The Morgan fingerprint density at radius 1 is 1.00 bits per heavy atom. The van der Waals surface area contributed by atoms with E-state index in [0.717, 1.165) is 69.4 Å². The van der Waals surface area contributed by atoms with E-state index in [2.05, 4.69) is 28.9 Å². The fraction of sp³-hybridized carbons (Fsp3) is 0.500. The molecule has 5 heteroatoms. The maximum absolute atomic E-state index is 13.2. The summed E-state index contributed by atoms with van der Waals surface area (Å²) >= 11 is 0. The minimum atomic E-state index is -0.0657. The number of benzene rings is 1. The number of nitrogens with one attached hydrogen (secondary N) is 1. The van der Waals surface area contributed by atoms with Crippen LogP contribution in [0.4, 0.5) is 0 Å². The first-order chi connectivity index (χ1) is 14.2. The van der Waals surface area contributed by atoms with E-state index in [9.17, 15) is 9.59 Å². The molecule has 1 aromatic carbocycles. The smallest absolute Gasteiger partial charge is 0.270 e. The molecule has 0 bridgehead atoms. The van der Waals surface area contributed by atoms with E-state index in [0.29, 0.717) is 11.3 Å². The molecule has 29 heavy (non-hydrogen) atoms. The summed E-state index contributed by atoms with van der Waals surface area (Å²) in [6.45, 7) is 4.56. The van der Waals surface area contributed by atoms with Crippen LogP contribution < -0.4 is 5.32 Å². The van der Waals surface area contributed by atoms with Gasteiger partial charge in [-0.1, -0.05) is 37.3 Å². The monoisotopic (exact) mass is 393 g/mol. The van der Waals surface area contributed by atoms with E-state index in [1.807, 2.05) is 29.2 Å². The zero-order valence-electron chi connectivity index (χ0n) is 17.3. The van der Waals surface area contributed by atoms with Crippen molar-refractivity contribution in [1.82, 2.24) is 14.8 Å². The van der Waals surface area contributed by atoms with Crippen LogP contribution >= 0.6 is 0 Å². The second kappa shape index (κ2) is 8.85. The average Bonchev–Trinajstić information content (AvgIpc) is 3.18. The standard InChI is InChI=1S/C24H31N3O2/c1-2-20(18-11-5-3-6-12-18)25-23(28)19-17-22(27-16-10-7-13-21(19)27)24(29)26-14-8-4-9-15-26/h3,5-6,11-12,17,20H,2,4,7-10,13-16H2,1H3,(H,25,28)/t20-/m1/s1. The van der Waals surface area contributed by atoms with Gasteiger partial charge in [0.2, 0.25) is 0 Å².